The van der Waals surface area contributed by atoms with Gasteiger partial charge in [0.25, 0.3) is 0 Å². The third kappa shape index (κ3) is 1.69. The number of hydrogen-bond donors (Lipinski definition) is 0. The molecule has 2 aromatic heterocycles. The van der Waals surface area contributed by atoms with Gasteiger partial charge in [-0.25, -0.2) is 0 Å². The van der Waals surface area contributed by atoms with Crippen LogP contribution >= 0.6 is 0 Å². The van der Waals surface area contributed by atoms with Crippen LogP contribution in [0.5, 0.6) is 0 Å². The van der Waals surface area contributed by atoms with Gasteiger partial charge in [-0.2, -0.15) is 0 Å². The van der Waals surface area contributed by atoms with Crippen LogP contribution in [0.3, 0.4) is 0 Å². The molecule has 0 saturated carbocycles. The molecule has 14 heavy (non-hydrogen) atoms. The third-order valence-electron chi connectivity index (χ3n) is 2.06. The number of aromatic nitrogens is 2. The molecule has 2 aromatic rings. The highest BCUT2D eigenvalue weighted by Gasteiger charge is 1.99. The second kappa shape index (κ2) is 3.83. The molecule has 68 valence electrons. The van der Waals surface area contributed by atoms with Gasteiger partial charge in [0.2, 0.25) is 0 Å². The van der Waals surface area contributed by atoms with Crippen molar-refractivity contribution in [2.45, 2.75) is 0 Å². The zero-order chi connectivity index (χ0) is 9.80. The average Bonchev–Trinajstić information content (AvgIpc) is 2.30. The maximum atomic E-state index is 4.04. The Balaban J connectivity index is 2.35. The Morgan fingerprint density at radius 3 is 1.50 bits per heavy atom. The van der Waals surface area contributed by atoms with Gasteiger partial charge in [0, 0.05) is 24.8 Å². The Labute approximate surface area is 83.0 Å². The molecule has 2 heteroatoms. The Morgan fingerprint density at radius 1 is 0.786 bits per heavy atom. The minimum Gasteiger partial charge on any atom is -0.265 e. The number of hydrogen-bond acceptors (Lipinski definition) is 2. The minimum absolute atomic E-state index is 0.995. The fourth-order valence-corrected chi connectivity index (χ4v) is 1.27. The molecule has 2 heterocycles. The summed E-state index contributed by atoms with van der Waals surface area (Å²) in [4.78, 5) is 7.94. The van der Waals surface area contributed by atoms with Gasteiger partial charge in [-0.05, 0) is 41.0 Å². The highest BCUT2D eigenvalue weighted by atomic mass is 14.6. The van der Waals surface area contributed by atoms with Crippen molar-refractivity contribution in [3.05, 3.63) is 66.8 Å². The predicted octanol–water partition coefficient (Wildman–Crippen LogP) is 2.54. The van der Waals surface area contributed by atoms with Gasteiger partial charge in [0.15, 0.2) is 0 Å². The first kappa shape index (κ1) is 8.63. The lowest BCUT2D eigenvalue weighted by atomic mass is 10.0. The van der Waals surface area contributed by atoms with Crippen LogP contribution in [-0.2, 0) is 0 Å². The summed E-state index contributed by atoms with van der Waals surface area (Å²) in [7, 11) is 0. The van der Waals surface area contributed by atoms with Crippen LogP contribution in [0.4, 0.5) is 0 Å². The predicted molar refractivity (Wildman–Crippen MR) is 56.6 cm³/mol. The smallest absolute Gasteiger partial charge is 0.0273 e. The van der Waals surface area contributed by atoms with E-state index in [9.17, 15) is 0 Å². The first-order valence-electron chi connectivity index (χ1n) is 4.37. The van der Waals surface area contributed by atoms with Crippen molar-refractivity contribution in [2.75, 3.05) is 0 Å². The van der Waals surface area contributed by atoms with Gasteiger partial charge < -0.3 is 0 Å². The lowest BCUT2D eigenvalue weighted by Crippen LogP contribution is -1.86. The molecule has 0 atom stereocenters. The van der Waals surface area contributed by atoms with E-state index < -0.39 is 0 Å². The molecule has 0 amide bonds. The van der Waals surface area contributed by atoms with Crippen molar-refractivity contribution in [3.63, 3.8) is 0 Å². The molecular weight excluding hydrogens is 172 g/mol. The second-order valence-electron chi connectivity index (χ2n) is 2.95. The Hall–Kier alpha value is -1.96. The van der Waals surface area contributed by atoms with E-state index in [4.69, 9.17) is 0 Å². The Morgan fingerprint density at radius 2 is 1.14 bits per heavy atom. The molecule has 0 saturated heterocycles. The maximum absolute atomic E-state index is 4.04. The van der Waals surface area contributed by atoms with Gasteiger partial charge >= 0.3 is 0 Å². The van der Waals surface area contributed by atoms with E-state index in [2.05, 4.69) is 16.5 Å². The molecule has 0 aliphatic rings. The van der Waals surface area contributed by atoms with Crippen molar-refractivity contribution in [1.29, 1.82) is 0 Å². The standard InChI is InChI=1S/C12H10N2/c1-10(11-2-6-13-7-3-11)12-4-8-14-9-5-12/h2-9H,1H2. The zero-order valence-corrected chi connectivity index (χ0v) is 7.72. The molecule has 0 N–H and O–H groups in total. The molecule has 0 radical (unpaired) electrons. The summed E-state index contributed by atoms with van der Waals surface area (Å²) in [6.07, 6.45) is 7.06. The van der Waals surface area contributed by atoms with Crippen LogP contribution < -0.4 is 0 Å². The van der Waals surface area contributed by atoms with E-state index in [1.165, 1.54) is 0 Å². The zero-order valence-electron chi connectivity index (χ0n) is 7.72. The highest BCUT2D eigenvalue weighted by Crippen LogP contribution is 2.19. The van der Waals surface area contributed by atoms with E-state index in [1.807, 2.05) is 24.3 Å². The van der Waals surface area contributed by atoms with E-state index >= 15 is 0 Å². The molecule has 0 bridgehead atoms. The summed E-state index contributed by atoms with van der Waals surface area (Å²) in [5.74, 6) is 0. The summed E-state index contributed by atoms with van der Waals surface area (Å²) in [5, 5.41) is 0. The first-order valence-corrected chi connectivity index (χ1v) is 4.37. The van der Waals surface area contributed by atoms with Crippen molar-refractivity contribution in [3.8, 4) is 0 Å². The van der Waals surface area contributed by atoms with Crippen molar-refractivity contribution < 1.29 is 0 Å². The van der Waals surface area contributed by atoms with Crippen LogP contribution in [0, 0.1) is 0 Å². The second-order valence-corrected chi connectivity index (χ2v) is 2.95. The normalized spacial score (nSPS) is 9.71. The number of rotatable bonds is 2. The largest absolute Gasteiger partial charge is 0.265 e. The van der Waals surface area contributed by atoms with Crippen LogP contribution in [0.25, 0.3) is 5.57 Å². The van der Waals surface area contributed by atoms with Gasteiger partial charge in [0.1, 0.15) is 0 Å². The molecule has 2 nitrogen and oxygen atoms in total. The first-order chi connectivity index (χ1) is 6.88. The molecule has 0 aromatic carbocycles. The minimum atomic E-state index is 0.995. The van der Waals surface area contributed by atoms with Gasteiger partial charge in [-0.1, -0.05) is 6.58 Å². The molecule has 2 rings (SSSR count). The molecule has 0 fully saturated rings. The van der Waals surface area contributed by atoms with Crippen molar-refractivity contribution in [2.24, 2.45) is 0 Å². The fourth-order valence-electron chi connectivity index (χ4n) is 1.27. The van der Waals surface area contributed by atoms with Crippen LogP contribution in [-0.4, -0.2) is 9.97 Å². The summed E-state index contributed by atoms with van der Waals surface area (Å²) in [6.45, 7) is 4.04. The fraction of sp³-hybridized carbons (Fsp3) is 0. The topological polar surface area (TPSA) is 25.8 Å². The lowest BCUT2D eigenvalue weighted by Gasteiger charge is -2.04. The van der Waals surface area contributed by atoms with Crippen molar-refractivity contribution in [1.82, 2.24) is 9.97 Å². The number of pyridine rings is 2. The molecule has 0 spiro atoms. The van der Waals surface area contributed by atoms with E-state index in [0.29, 0.717) is 0 Å². The molecule has 0 unspecified atom stereocenters. The van der Waals surface area contributed by atoms with E-state index in [1.54, 1.807) is 24.8 Å². The van der Waals surface area contributed by atoms with Gasteiger partial charge in [0.05, 0.1) is 0 Å². The maximum Gasteiger partial charge on any atom is 0.0273 e. The summed E-state index contributed by atoms with van der Waals surface area (Å²) in [6, 6.07) is 7.79. The quantitative estimate of drug-likeness (QED) is 0.713. The van der Waals surface area contributed by atoms with E-state index in [0.717, 1.165) is 16.7 Å². The summed E-state index contributed by atoms with van der Waals surface area (Å²) < 4.78 is 0. The highest BCUT2D eigenvalue weighted by molar-refractivity contribution is 5.77. The van der Waals surface area contributed by atoms with Crippen molar-refractivity contribution >= 4 is 5.57 Å². The molecule has 0 aliphatic carbocycles. The molecule has 0 aliphatic heterocycles. The lowest BCUT2D eigenvalue weighted by molar-refractivity contribution is 1.30. The SMILES string of the molecule is C=C(c1ccncc1)c1ccncc1. The Bertz CT molecular complexity index is 379. The Kier molecular flexibility index (Phi) is 2.36. The monoisotopic (exact) mass is 182 g/mol. The molecular formula is C12H10N2. The van der Waals surface area contributed by atoms with Crippen LogP contribution in [0.15, 0.2) is 55.6 Å². The van der Waals surface area contributed by atoms with Crippen LogP contribution in [0.1, 0.15) is 11.1 Å². The number of nitrogens with zero attached hydrogens (tertiary/aromatic N) is 2. The average molecular weight is 182 g/mol. The van der Waals surface area contributed by atoms with Crippen LogP contribution in [0.2, 0.25) is 0 Å². The van der Waals surface area contributed by atoms with Gasteiger partial charge in [-0.3, -0.25) is 9.97 Å². The summed E-state index contributed by atoms with van der Waals surface area (Å²) >= 11 is 0. The van der Waals surface area contributed by atoms with Gasteiger partial charge in [-0.15, -0.1) is 0 Å². The third-order valence-corrected chi connectivity index (χ3v) is 2.06. The van der Waals surface area contributed by atoms with E-state index in [-0.39, 0.29) is 0 Å². The summed E-state index contributed by atoms with van der Waals surface area (Å²) in [5.41, 5.74) is 3.17.